The second-order valence-electron chi connectivity index (χ2n) is 1.12. The Morgan fingerprint density at radius 2 is 2.43 bits per heavy atom. The molecule has 0 aliphatic heterocycles. The van der Waals surface area contributed by atoms with Crippen molar-refractivity contribution in [2.75, 3.05) is 6.61 Å². The molecular formula is C5H11NO. The molecule has 0 aromatic rings. The van der Waals surface area contributed by atoms with Crippen LogP contribution < -0.4 is 5.73 Å². The standard InChI is InChI=1S/C5H11NO/c1-3-5(6)7-4-2/h3H,4,6H2,1-2H3/b5-3-. The van der Waals surface area contributed by atoms with E-state index in [1.807, 2.05) is 13.8 Å². The van der Waals surface area contributed by atoms with Gasteiger partial charge in [-0.1, -0.05) is 0 Å². The van der Waals surface area contributed by atoms with E-state index in [-0.39, 0.29) is 0 Å². The molecule has 0 fully saturated rings. The van der Waals surface area contributed by atoms with Gasteiger partial charge in [-0.15, -0.1) is 0 Å². The number of allylic oxidation sites excluding steroid dienone is 1. The molecule has 0 saturated carbocycles. The molecule has 2 nitrogen and oxygen atoms in total. The van der Waals surface area contributed by atoms with E-state index in [0.717, 1.165) is 0 Å². The Labute approximate surface area is 44.0 Å². The maximum Gasteiger partial charge on any atom is 0.179 e. The lowest BCUT2D eigenvalue weighted by Crippen LogP contribution is -2.00. The molecule has 0 bridgehead atoms. The Hall–Kier alpha value is -0.660. The summed E-state index contributed by atoms with van der Waals surface area (Å²) in [5.74, 6) is 0.502. The molecule has 2 N–H and O–H groups in total. The Bertz CT molecular complexity index is 68.5. The monoisotopic (exact) mass is 101 g/mol. The summed E-state index contributed by atoms with van der Waals surface area (Å²) < 4.78 is 4.83. The maximum absolute atomic E-state index is 5.22. The first-order valence-electron chi connectivity index (χ1n) is 2.35. The molecule has 0 aliphatic carbocycles. The van der Waals surface area contributed by atoms with Crippen LogP contribution >= 0.6 is 0 Å². The largest absolute Gasteiger partial charge is 0.480 e. The molecule has 0 amide bonds. The lowest BCUT2D eigenvalue weighted by atomic mass is 10.7. The molecule has 0 heterocycles. The number of nitrogens with two attached hydrogens (primary N) is 1. The van der Waals surface area contributed by atoms with E-state index < -0.39 is 0 Å². The zero-order valence-electron chi connectivity index (χ0n) is 4.77. The van der Waals surface area contributed by atoms with Crippen LogP contribution in [-0.4, -0.2) is 6.61 Å². The van der Waals surface area contributed by atoms with Crippen molar-refractivity contribution < 1.29 is 4.74 Å². The van der Waals surface area contributed by atoms with Gasteiger partial charge >= 0.3 is 0 Å². The minimum Gasteiger partial charge on any atom is -0.480 e. The van der Waals surface area contributed by atoms with Crippen molar-refractivity contribution in [3.63, 3.8) is 0 Å². The number of hydrogen-bond acceptors (Lipinski definition) is 2. The fourth-order valence-electron chi connectivity index (χ4n) is 0.250. The van der Waals surface area contributed by atoms with Crippen LogP contribution in [0.15, 0.2) is 12.0 Å². The molecule has 0 saturated heterocycles. The summed E-state index contributed by atoms with van der Waals surface area (Å²) in [6, 6.07) is 0. The number of hydrogen-bond donors (Lipinski definition) is 1. The summed E-state index contributed by atoms with van der Waals surface area (Å²) in [4.78, 5) is 0. The van der Waals surface area contributed by atoms with E-state index in [9.17, 15) is 0 Å². The van der Waals surface area contributed by atoms with Gasteiger partial charge in [-0.05, 0) is 19.9 Å². The molecule has 2 heteroatoms. The van der Waals surface area contributed by atoms with Crippen molar-refractivity contribution in [3.05, 3.63) is 12.0 Å². The van der Waals surface area contributed by atoms with Crippen LogP contribution in [0.1, 0.15) is 13.8 Å². The van der Waals surface area contributed by atoms with Gasteiger partial charge in [0.05, 0.1) is 6.61 Å². The van der Waals surface area contributed by atoms with Crippen molar-refractivity contribution >= 4 is 0 Å². The first-order valence-corrected chi connectivity index (χ1v) is 2.35. The molecule has 42 valence electrons. The molecule has 0 spiro atoms. The van der Waals surface area contributed by atoms with Gasteiger partial charge in [-0.2, -0.15) is 0 Å². The van der Waals surface area contributed by atoms with Crippen molar-refractivity contribution in [1.82, 2.24) is 0 Å². The van der Waals surface area contributed by atoms with Gasteiger partial charge in [0.2, 0.25) is 0 Å². The van der Waals surface area contributed by atoms with Crippen LogP contribution in [0.5, 0.6) is 0 Å². The van der Waals surface area contributed by atoms with Crippen molar-refractivity contribution in [1.29, 1.82) is 0 Å². The topological polar surface area (TPSA) is 35.2 Å². The van der Waals surface area contributed by atoms with Crippen LogP contribution in [0.3, 0.4) is 0 Å². The second-order valence-corrected chi connectivity index (χ2v) is 1.12. The Kier molecular flexibility index (Phi) is 3.19. The zero-order chi connectivity index (χ0) is 5.70. The summed E-state index contributed by atoms with van der Waals surface area (Å²) in [5.41, 5.74) is 5.22. The third kappa shape index (κ3) is 3.16. The highest BCUT2D eigenvalue weighted by Crippen LogP contribution is 1.82. The first-order chi connectivity index (χ1) is 3.31. The van der Waals surface area contributed by atoms with Crippen molar-refractivity contribution in [3.8, 4) is 0 Å². The smallest absolute Gasteiger partial charge is 0.179 e. The average molecular weight is 101 g/mol. The maximum atomic E-state index is 5.22. The van der Waals surface area contributed by atoms with Gasteiger partial charge in [0, 0.05) is 0 Å². The average Bonchev–Trinajstić information content (AvgIpc) is 1.68. The van der Waals surface area contributed by atoms with Gasteiger partial charge < -0.3 is 10.5 Å². The van der Waals surface area contributed by atoms with Gasteiger partial charge in [0.25, 0.3) is 0 Å². The summed E-state index contributed by atoms with van der Waals surface area (Å²) in [6.07, 6.45) is 1.73. The highest BCUT2D eigenvalue weighted by molar-refractivity contribution is 4.81. The molecule has 0 atom stereocenters. The third-order valence-corrected chi connectivity index (χ3v) is 0.596. The van der Waals surface area contributed by atoms with Crippen LogP contribution in [0.2, 0.25) is 0 Å². The normalized spacial score (nSPS) is 11.4. The highest BCUT2D eigenvalue weighted by Gasteiger charge is 1.78. The third-order valence-electron chi connectivity index (χ3n) is 0.596. The Morgan fingerprint density at radius 3 is 2.57 bits per heavy atom. The van der Waals surface area contributed by atoms with E-state index in [0.29, 0.717) is 12.5 Å². The number of rotatable bonds is 2. The molecule has 0 rings (SSSR count). The van der Waals surface area contributed by atoms with Crippen LogP contribution in [0.4, 0.5) is 0 Å². The molecule has 0 aliphatic rings. The zero-order valence-corrected chi connectivity index (χ0v) is 4.77. The fourth-order valence-corrected chi connectivity index (χ4v) is 0.250. The summed E-state index contributed by atoms with van der Waals surface area (Å²) in [7, 11) is 0. The SMILES string of the molecule is C/C=C(/N)OCC. The summed E-state index contributed by atoms with van der Waals surface area (Å²) in [5, 5.41) is 0. The lowest BCUT2D eigenvalue weighted by Gasteiger charge is -1.97. The summed E-state index contributed by atoms with van der Waals surface area (Å²) in [6.45, 7) is 4.39. The summed E-state index contributed by atoms with van der Waals surface area (Å²) >= 11 is 0. The Morgan fingerprint density at radius 1 is 1.86 bits per heavy atom. The first kappa shape index (κ1) is 6.34. The van der Waals surface area contributed by atoms with Gasteiger partial charge in [0.1, 0.15) is 0 Å². The van der Waals surface area contributed by atoms with Crippen LogP contribution in [0.25, 0.3) is 0 Å². The molecule has 0 aromatic heterocycles. The fraction of sp³-hybridized carbons (Fsp3) is 0.600. The quantitative estimate of drug-likeness (QED) is 0.523. The molecule has 7 heavy (non-hydrogen) atoms. The molecular weight excluding hydrogens is 90.1 g/mol. The predicted molar refractivity (Wildman–Crippen MR) is 29.6 cm³/mol. The van der Waals surface area contributed by atoms with Crippen molar-refractivity contribution in [2.45, 2.75) is 13.8 Å². The van der Waals surface area contributed by atoms with Gasteiger partial charge in [0.15, 0.2) is 5.88 Å². The molecule has 0 radical (unpaired) electrons. The van der Waals surface area contributed by atoms with E-state index in [1.165, 1.54) is 0 Å². The number of ether oxygens (including phenoxy) is 1. The van der Waals surface area contributed by atoms with Crippen LogP contribution in [0, 0.1) is 0 Å². The van der Waals surface area contributed by atoms with E-state index in [1.54, 1.807) is 6.08 Å². The molecule has 0 unspecified atom stereocenters. The van der Waals surface area contributed by atoms with E-state index >= 15 is 0 Å². The second kappa shape index (κ2) is 3.53. The van der Waals surface area contributed by atoms with Crippen molar-refractivity contribution in [2.24, 2.45) is 5.73 Å². The predicted octanol–water partition coefficient (Wildman–Crippen LogP) is 0.843. The van der Waals surface area contributed by atoms with E-state index in [2.05, 4.69) is 0 Å². The minimum atomic E-state index is 0.502. The van der Waals surface area contributed by atoms with E-state index in [4.69, 9.17) is 10.5 Å². The van der Waals surface area contributed by atoms with Gasteiger partial charge in [-0.3, -0.25) is 0 Å². The van der Waals surface area contributed by atoms with Crippen LogP contribution in [-0.2, 0) is 4.74 Å². The molecule has 0 aromatic carbocycles. The Balaban J connectivity index is 3.17. The highest BCUT2D eigenvalue weighted by atomic mass is 16.5. The van der Waals surface area contributed by atoms with Gasteiger partial charge in [-0.25, -0.2) is 0 Å². The lowest BCUT2D eigenvalue weighted by molar-refractivity contribution is 0.226. The minimum absolute atomic E-state index is 0.502.